The summed E-state index contributed by atoms with van der Waals surface area (Å²) >= 11 is 0. The van der Waals surface area contributed by atoms with Crippen molar-refractivity contribution in [2.45, 2.75) is 79.1 Å². The number of nitrogens with zero attached hydrogens (tertiary/aromatic N) is 26. The first kappa shape index (κ1) is 110. The van der Waals surface area contributed by atoms with Crippen molar-refractivity contribution in [2.24, 2.45) is 23.7 Å². The Morgan fingerprint density at radius 3 is 0.777 bits per heavy atom. The van der Waals surface area contributed by atoms with E-state index in [1.165, 1.54) is 51.4 Å². The van der Waals surface area contributed by atoms with E-state index < -0.39 is 0 Å². The van der Waals surface area contributed by atoms with E-state index in [1.54, 1.807) is 68.0 Å². The first-order valence-electron chi connectivity index (χ1n) is 37.4. The number of rotatable bonds is 8. The Labute approximate surface area is 871 Å². The molecule has 26 nitrogen and oxygen atoms in total. The van der Waals surface area contributed by atoms with Gasteiger partial charge in [-0.1, -0.05) is 52.5 Å². The van der Waals surface area contributed by atoms with Crippen LogP contribution >= 0.6 is 0 Å². The Morgan fingerprint density at radius 2 is 0.491 bits per heavy atom. The maximum absolute atomic E-state index is 4.30. The molecule has 0 amide bonds. The summed E-state index contributed by atoms with van der Waals surface area (Å²) in [6.07, 6.45) is 37.9. The van der Waals surface area contributed by atoms with Gasteiger partial charge in [-0.3, -0.25) is 50.1 Å². The Hall–Kier alpha value is -0.149. The van der Waals surface area contributed by atoms with Crippen LogP contribution in [0.4, 0.5) is 46.8 Å². The summed E-state index contributed by atoms with van der Waals surface area (Å²) in [5.74, 6) is 11.2. The summed E-state index contributed by atoms with van der Waals surface area (Å²) in [7, 11) is 8.57. The summed E-state index contributed by atoms with van der Waals surface area (Å²) in [6, 6.07) is 27.0. The van der Waals surface area contributed by atoms with Crippen LogP contribution in [0, 0.1) is 72.7 Å². The van der Waals surface area contributed by atoms with Crippen molar-refractivity contribution in [3.05, 3.63) is 160 Å². The van der Waals surface area contributed by atoms with Crippen LogP contribution in [0.25, 0.3) is 0 Å². The van der Waals surface area contributed by atoms with Crippen LogP contribution in [0.1, 0.15) is 79.1 Å². The minimum absolute atomic E-state index is 0. The molecule has 0 unspecified atom stereocenters. The van der Waals surface area contributed by atoms with Crippen LogP contribution < -0.4 is 39.2 Å². The van der Waals surface area contributed by atoms with Gasteiger partial charge in [0.05, 0.1) is 23.3 Å². The van der Waals surface area contributed by atoms with Crippen molar-refractivity contribution in [1.82, 2.24) is 89.8 Å². The number of hydrogen-bond acceptors (Lipinski definition) is 26. The van der Waals surface area contributed by atoms with E-state index in [0.29, 0.717) is 0 Å². The summed E-state index contributed by atoms with van der Waals surface area (Å²) in [4.78, 5) is 69.1. The van der Waals surface area contributed by atoms with Gasteiger partial charge < -0.3 is 80.9 Å². The van der Waals surface area contributed by atoms with Crippen LogP contribution in [0.15, 0.2) is 110 Å². The van der Waals surface area contributed by atoms with Crippen molar-refractivity contribution in [2.75, 3.05) is 224 Å². The third kappa shape index (κ3) is 42.1. The van der Waals surface area contributed by atoms with Crippen LogP contribution in [0.3, 0.4) is 0 Å². The maximum Gasteiger partial charge on any atom is 0.219 e. The molecule has 112 heavy (non-hydrogen) atoms. The molecule has 34 heteroatoms. The van der Waals surface area contributed by atoms with Crippen molar-refractivity contribution < 1.29 is 262 Å². The van der Waals surface area contributed by atoms with Crippen molar-refractivity contribution in [3.63, 3.8) is 0 Å². The molecular formula is C78H110N26Y8-8. The normalized spacial score (nSPS) is 17.6. The SMILES string of the molecule is CC1CCN(c2cc[c-]cn2)CC1.CC1CCN(c2cc[c-]nn2)CC1.CC1CCN(c2cn[c-]cn2)CC1.CC1CCN(c2nc[c-]cn2)CC1.CN1CCN(c2cc[c-]cn2)CC1.CN1CCN(c2cc[c-]nn2)CC1.CN1CCN(c2cn[c-]cn2)CC1.CN1CCN(c2nc[c-]cn2)CC1.[Y].[Y].[Y].[Y].[Y].[Y].[Y].[Y]. The van der Waals surface area contributed by atoms with Gasteiger partial charge in [-0.2, -0.15) is 34.5 Å². The number of pyridine rings is 2. The zero-order chi connectivity index (χ0) is 72.8. The van der Waals surface area contributed by atoms with E-state index in [9.17, 15) is 0 Å². The Morgan fingerprint density at radius 1 is 0.250 bits per heavy atom. The van der Waals surface area contributed by atoms with Crippen LogP contribution in [-0.2, 0) is 262 Å². The molecule has 0 bridgehead atoms. The van der Waals surface area contributed by atoms with Gasteiger partial charge in [0.25, 0.3) is 0 Å². The van der Waals surface area contributed by atoms with E-state index in [-0.39, 0.29) is 262 Å². The number of likely N-dealkylation sites (N-methyl/N-ethyl adjacent to an activating group) is 4. The number of hydrogen-bond donors (Lipinski definition) is 0. The average Bonchev–Trinajstić information content (AvgIpc) is 0.929. The Kier molecular flexibility index (Phi) is 63.4. The van der Waals surface area contributed by atoms with E-state index in [4.69, 9.17) is 0 Å². The van der Waals surface area contributed by atoms with Gasteiger partial charge in [0.1, 0.15) is 0 Å². The molecule has 0 spiro atoms. The second-order valence-electron chi connectivity index (χ2n) is 28.1. The standard InChI is InChI=1S/C11H15N2.4C10H14N3.3C9H13N4.8Y/c1-10-5-8-13(9-6-10)11-4-2-3-7-12-11;1-9-2-6-13(7-3-9)10-8-11-4-5-12-10;1-9-3-7-13(8-4-9)10-11-5-2-6-12-10;1-9-4-7-13(8-5-9)10-3-2-6-11-12-10;1-12-6-8-13(9-7-12)10-4-2-3-5-11-10;1-12-4-6-13(7-5-12)9-8-10-2-3-11-9;1-12-5-7-13(8-6-12)9-10-3-2-4-11-9;1-12-5-7-13(8-6-12)9-3-2-4-10-11-9;;;;;;;;/h2,4,7,10H,5-6,8-9H2,1H3;5,8-9H,2-3,6-7H2,1H3;5-6,9H,3-4,7-8H2,1H3;2-3,9H,4-5,7-8H2,1H3;2,4-5H,6-9H2,1H3;3,8H,4-7H2,1H3;3-4H,5-8H2,1H3;2-3H,5-8H2,1H3;;;;;;;;/q8*-1;;;;;;;;. The van der Waals surface area contributed by atoms with E-state index in [1.807, 2.05) is 42.5 Å². The molecule has 8 aromatic heterocycles. The second kappa shape index (κ2) is 64.6. The average molecular weight is 2120 g/mol. The van der Waals surface area contributed by atoms with Gasteiger partial charge in [-0.15, -0.1) is 49.6 Å². The molecule has 0 N–H and O–H groups in total. The van der Waals surface area contributed by atoms with Gasteiger partial charge in [0.2, 0.25) is 11.9 Å². The number of piperidine rings is 4. The molecule has 0 saturated carbocycles. The molecule has 8 aromatic rings. The van der Waals surface area contributed by atoms with Crippen molar-refractivity contribution in [1.29, 1.82) is 0 Å². The summed E-state index contributed by atoms with van der Waals surface area (Å²) in [6.45, 7) is 35.3. The third-order valence-electron chi connectivity index (χ3n) is 19.9. The zero-order valence-corrected chi connectivity index (χ0v) is 90.3. The van der Waals surface area contributed by atoms with Gasteiger partial charge >= 0.3 is 0 Å². The van der Waals surface area contributed by atoms with Gasteiger partial charge in [-0.25, -0.2) is 36.4 Å². The Balaban J connectivity index is 0.000000634. The monoisotopic (exact) mass is 2120 g/mol. The predicted octanol–water partition coefficient (Wildman–Crippen LogP) is 7.36. The fourth-order valence-corrected chi connectivity index (χ4v) is 12.6. The maximum atomic E-state index is 4.30. The molecular weight excluding hydrogens is 2010 g/mol. The van der Waals surface area contributed by atoms with Gasteiger partial charge in [-0.05, 0) is 116 Å². The van der Waals surface area contributed by atoms with Crippen LogP contribution in [0.5, 0.6) is 0 Å². The molecule has 584 valence electrons. The van der Waals surface area contributed by atoms with Gasteiger partial charge in [0.15, 0.2) is 0 Å². The minimum Gasteiger partial charge on any atom is -0.454 e. The molecule has 8 saturated heterocycles. The number of anilines is 8. The van der Waals surface area contributed by atoms with E-state index in [2.05, 4.69) is 234 Å². The fraction of sp³-hybridized carbons (Fsp3) is 0.564. The molecule has 16 rings (SSSR count). The molecule has 0 atom stereocenters. The number of piperazine rings is 4. The Bertz CT molecular complexity index is 2750. The second-order valence-corrected chi connectivity index (χ2v) is 28.1. The van der Waals surface area contributed by atoms with Crippen molar-refractivity contribution >= 4 is 46.8 Å². The molecule has 8 radical (unpaired) electrons. The smallest absolute Gasteiger partial charge is 0.219 e. The number of aromatic nitrogens is 14. The van der Waals surface area contributed by atoms with Gasteiger partial charge in [0, 0.05) is 430 Å². The van der Waals surface area contributed by atoms with Crippen molar-refractivity contribution in [3.8, 4) is 0 Å². The summed E-state index contributed by atoms with van der Waals surface area (Å²) < 4.78 is 0. The van der Waals surface area contributed by atoms with Crippen LogP contribution in [-0.4, -0.2) is 275 Å². The summed E-state index contributed by atoms with van der Waals surface area (Å²) in [5, 5.41) is 15.6. The molecule has 16 heterocycles. The first-order chi connectivity index (χ1) is 50.9. The van der Waals surface area contributed by atoms with E-state index >= 15 is 0 Å². The zero-order valence-electron chi connectivity index (χ0n) is 67.6. The molecule has 0 aromatic carbocycles. The first-order valence-corrected chi connectivity index (χ1v) is 37.4. The topological polar surface area (TPSA) is 219 Å². The molecule has 8 aliphatic heterocycles. The molecule has 0 aliphatic carbocycles. The summed E-state index contributed by atoms with van der Waals surface area (Å²) in [5.41, 5.74) is 0. The fourth-order valence-electron chi connectivity index (χ4n) is 12.6. The predicted molar refractivity (Wildman–Crippen MR) is 413 cm³/mol. The largest absolute Gasteiger partial charge is 0.454 e. The quantitative estimate of drug-likeness (QED) is 0.136. The third-order valence-corrected chi connectivity index (χ3v) is 19.9. The van der Waals surface area contributed by atoms with E-state index in [0.717, 1.165) is 228 Å². The minimum atomic E-state index is 0. The molecule has 8 fully saturated rings. The molecule has 8 aliphatic rings. The van der Waals surface area contributed by atoms with Crippen LogP contribution in [0.2, 0.25) is 0 Å².